The Kier molecular flexibility index (Phi) is 5.00. The van der Waals surface area contributed by atoms with Crippen molar-refractivity contribution in [2.45, 2.75) is 13.0 Å². The van der Waals surface area contributed by atoms with Gasteiger partial charge in [-0.25, -0.2) is 4.39 Å². The van der Waals surface area contributed by atoms with Gasteiger partial charge in [0.25, 0.3) is 5.91 Å². The number of aryl methyl sites for hydroxylation is 1. The molecule has 3 rings (SSSR count). The Morgan fingerprint density at radius 3 is 2.92 bits per heavy atom. The molecule has 3 aromatic rings. The van der Waals surface area contributed by atoms with Crippen LogP contribution in [0.1, 0.15) is 16.1 Å². The van der Waals surface area contributed by atoms with Gasteiger partial charge in [-0.3, -0.25) is 4.79 Å². The summed E-state index contributed by atoms with van der Waals surface area (Å²) >= 11 is 0. The molecule has 0 bridgehead atoms. The number of nitrogens with one attached hydrogen (secondary N) is 2. The maximum Gasteiger partial charge on any atom is 0.267 e. The van der Waals surface area contributed by atoms with Crippen molar-refractivity contribution in [1.82, 2.24) is 10.3 Å². The highest BCUT2D eigenvalue weighted by Crippen LogP contribution is 2.16. The molecule has 1 heterocycles. The maximum absolute atomic E-state index is 13.2. The number of hydrogen-bond donors (Lipinski definition) is 3. The van der Waals surface area contributed by atoms with Gasteiger partial charge in [-0.2, -0.15) is 0 Å². The van der Waals surface area contributed by atoms with Gasteiger partial charge < -0.3 is 20.1 Å². The van der Waals surface area contributed by atoms with E-state index < -0.39 is 6.10 Å². The number of carbonyl (C=O) groups is 1. The molecule has 1 aromatic heterocycles. The molecule has 5 nitrogen and oxygen atoms in total. The maximum atomic E-state index is 13.2. The summed E-state index contributed by atoms with van der Waals surface area (Å²) < 4.78 is 18.7. The number of amides is 1. The summed E-state index contributed by atoms with van der Waals surface area (Å²) in [7, 11) is 0. The van der Waals surface area contributed by atoms with Gasteiger partial charge in [0.15, 0.2) is 0 Å². The molecule has 0 radical (unpaired) electrons. The molecule has 0 fully saturated rings. The molecule has 0 saturated carbocycles. The van der Waals surface area contributed by atoms with E-state index >= 15 is 0 Å². The molecular weight excluding hydrogens is 323 g/mol. The fourth-order valence-electron chi connectivity index (χ4n) is 2.49. The summed E-state index contributed by atoms with van der Waals surface area (Å²) in [6, 6.07) is 13.3. The minimum absolute atomic E-state index is 0.0500. The fraction of sp³-hybridized carbons (Fsp3) is 0.211. The number of fused-ring (bicyclic) bond motifs is 1. The van der Waals surface area contributed by atoms with E-state index in [1.54, 1.807) is 12.1 Å². The lowest BCUT2D eigenvalue weighted by atomic mass is 10.2. The first-order valence-corrected chi connectivity index (χ1v) is 7.95. The van der Waals surface area contributed by atoms with Gasteiger partial charge in [-0.1, -0.05) is 12.1 Å². The molecule has 130 valence electrons. The lowest BCUT2D eigenvalue weighted by Crippen LogP contribution is -2.35. The van der Waals surface area contributed by atoms with Gasteiger partial charge >= 0.3 is 0 Å². The molecular formula is C19H19FN2O3. The van der Waals surface area contributed by atoms with Crippen molar-refractivity contribution in [2.75, 3.05) is 13.2 Å². The molecule has 0 saturated heterocycles. The highest BCUT2D eigenvalue weighted by molar-refractivity contribution is 5.98. The smallest absolute Gasteiger partial charge is 0.267 e. The van der Waals surface area contributed by atoms with Gasteiger partial charge in [0.05, 0.1) is 0 Å². The van der Waals surface area contributed by atoms with E-state index in [2.05, 4.69) is 10.3 Å². The number of hydrogen-bond acceptors (Lipinski definition) is 3. The number of benzene rings is 2. The van der Waals surface area contributed by atoms with E-state index in [-0.39, 0.29) is 24.9 Å². The number of aromatic nitrogens is 1. The Morgan fingerprint density at radius 2 is 2.12 bits per heavy atom. The zero-order valence-corrected chi connectivity index (χ0v) is 13.8. The third-order valence-corrected chi connectivity index (χ3v) is 3.76. The second kappa shape index (κ2) is 7.36. The minimum atomic E-state index is -0.841. The molecule has 1 amide bonds. The number of rotatable bonds is 6. The summed E-state index contributed by atoms with van der Waals surface area (Å²) in [5.74, 6) is -0.0589. The number of carbonyl (C=O) groups excluding carboxylic acids is 1. The van der Waals surface area contributed by atoms with Crippen LogP contribution >= 0.6 is 0 Å². The van der Waals surface area contributed by atoms with Crippen LogP contribution in [0.25, 0.3) is 10.9 Å². The summed E-state index contributed by atoms with van der Waals surface area (Å²) in [6.07, 6.45) is -0.841. The zero-order valence-electron chi connectivity index (χ0n) is 13.8. The minimum Gasteiger partial charge on any atom is -0.491 e. The standard InChI is InChI=1S/C19H19FN2O3/c1-12-3-2-4-16(7-12)25-11-15(23)10-21-19(24)18-9-13-8-14(20)5-6-17(13)22-18/h2-9,15,22-23H,10-11H2,1H3,(H,21,24). The quantitative estimate of drug-likeness (QED) is 0.645. The van der Waals surface area contributed by atoms with E-state index in [0.29, 0.717) is 22.3 Å². The van der Waals surface area contributed by atoms with Crippen LogP contribution in [-0.4, -0.2) is 35.3 Å². The van der Waals surface area contributed by atoms with Crippen molar-refractivity contribution < 1.29 is 19.0 Å². The molecule has 1 unspecified atom stereocenters. The van der Waals surface area contributed by atoms with Crippen molar-refractivity contribution in [3.63, 3.8) is 0 Å². The van der Waals surface area contributed by atoms with Gasteiger partial charge in [-0.15, -0.1) is 0 Å². The van der Waals surface area contributed by atoms with E-state index in [1.165, 1.54) is 12.1 Å². The molecule has 3 N–H and O–H groups in total. The first kappa shape index (κ1) is 17.0. The van der Waals surface area contributed by atoms with Crippen molar-refractivity contribution in [3.05, 3.63) is 65.6 Å². The highest BCUT2D eigenvalue weighted by atomic mass is 19.1. The molecule has 6 heteroatoms. The van der Waals surface area contributed by atoms with Crippen LogP contribution in [-0.2, 0) is 0 Å². The summed E-state index contributed by atoms with van der Waals surface area (Å²) in [5.41, 5.74) is 2.05. The fourth-order valence-corrected chi connectivity index (χ4v) is 2.49. The number of aliphatic hydroxyl groups excluding tert-OH is 1. The largest absolute Gasteiger partial charge is 0.491 e. The lowest BCUT2D eigenvalue weighted by molar-refractivity contribution is 0.0840. The van der Waals surface area contributed by atoms with Crippen molar-refractivity contribution in [3.8, 4) is 5.75 Å². The summed E-state index contributed by atoms with van der Waals surface area (Å²) in [6.45, 7) is 2.08. The average molecular weight is 342 g/mol. The van der Waals surface area contributed by atoms with E-state index in [4.69, 9.17) is 4.74 Å². The van der Waals surface area contributed by atoms with Gasteiger partial charge in [0.1, 0.15) is 30.0 Å². The Bertz CT molecular complexity index is 891. The van der Waals surface area contributed by atoms with Crippen molar-refractivity contribution >= 4 is 16.8 Å². The number of aromatic amines is 1. The van der Waals surface area contributed by atoms with E-state index in [9.17, 15) is 14.3 Å². The summed E-state index contributed by atoms with van der Waals surface area (Å²) in [4.78, 5) is 15.1. The first-order chi connectivity index (χ1) is 12.0. The summed E-state index contributed by atoms with van der Waals surface area (Å²) in [5, 5.41) is 13.2. The van der Waals surface area contributed by atoms with E-state index in [1.807, 2.05) is 31.2 Å². The van der Waals surface area contributed by atoms with Crippen LogP contribution in [0.3, 0.4) is 0 Å². The third-order valence-electron chi connectivity index (χ3n) is 3.76. The molecule has 1 atom stereocenters. The number of halogens is 1. The molecule has 0 aliphatic carbocycles. The Hall–Kier alpha value is -2.86. The third kappa shape index (κ3) is 4.36. The highest BCUT2D eigenvalue weighted by Gasteiger charge is 2.12. The van der Waals surface area contributed by atoms with Gasteiger partial charge in [-0.05, 0) is 48.9 Å². The van der Waals surface area contributed by atoms with Crippen molar-refractivity contribution in [1.29, 1.82) is 0 Å². The second-order valence-corrected chi connectivity index (χ2v) is 5.91. The normalized spacial score (nSPS) is 12.1. The lowest BCUT2D eigenvalue weighted by Gasteiger charge is -2.13. The predicted molar refractivity (Wildman–Crippen MR) is 93.3 cm³/mol. The van der Waals surface area contributed by atoms with Crippen LogP contribution in [0, 0.1) is 12.7 Å². The number of ether oxygens (including phenoxy) is 1. The Balaban J connectivity index is 1.52. The van der Waals surface area contributed by atoms with Gasteiger partial charge in [0, 0.05) is 17.4 Å². The van der Waals surface area contributed by atoms with Crippen LogP contribution in [0.4, 0.5) is 4.39 Å². The average Bonchev–Trinajstić information content (AvgIpc) is 3.01. The number of aliphatic hydroxyl groups is 1. The Labute approximate surface area is 144 Å². The van der Waals surface area contributed by atoms with Crippen molar-refractivity contribution in [2.24, 2.45) is 0 Å². The zero-order chi connectivity index (χ0) is 17.8. The molecule has 0 spiro atoms. The monoisotopic (exact) mass is 342 g/mol. The molecule has 0 aliphatic heterocycles. The first-order valence-electron chi connectivity index (χ1n) is 7.95. The van der Waals surface area contributed by atoms with Crippen LogP contribution in [0.15, 0.2) is 48.5 Å². The molecule has 0 aliphatic rings. The SMILES string of the molecule is Cc1cccc(OCC(O)CNC(=O)c2cc3cc(F)ccc3[nH]2)c1. The molecule has 2 aromatic carbocycles. The predicted octanol–water partition coefficient (Wildman–Crippen LogP) is 2.79. The van der Waals surface area contributed by atoms with Gasteiger partial charge in [0.2, 0.25) is 0 Å². The number of H-pyrrole nitrogens is 1. The second-order valence-electron chi connectivity index (χ2n) is 5.91. The van der Waals surface area contributed by atoms with Crippen LogP contribution < -0.4 is 10.1 Å². The Morgan fingerprint density at radius 1 is 1.28 bits per heavy atom. The van der Waals surface area contributed by atoms with Crippen LogP contribution in [0.5, 0.6) is 5.75 Å². The molecule has 25 heavy (non-hydrogen) atoms. The van der Waals surface area contributed by atoms with E-state index in [0.717, 1.165) is 5.56 Å². The van der Waals surface area contributed by atoms with Crippen LogP contribution in [0.2, 0.25) is 0 Å². The topological polar surface area (TPSA) is 74.3 Å².